The van der Waals surface area contributed by atoms with E-state index in [0.29, 0.717) is 0 Å². The number of alkyl halides is 3. The van der Waals surface area contributed by atoms with E-state index < -0.39 is 24.3 Å². The number of esters is 1. The lowest BCUT2D eigenvalue weighted by atomic mass is 10.1. The summed E-state index contributed by atoms with van der Waals surface area (Å²) in [6, 6.07) is 12.5. The van der Waals surface area contributed by atoms with Crippen molar-refractivity contribution >= 4 is 16.9 Å². The molecule has 0 unspecified atom stereocenters. The Morgan fingerprint density at radius 3 is 2.50 bits per heavy atom. The van der Waals surface area contributed by atoms with Crippen LogP contribution in [0.4, 0.5) is 13.2 Å². The van der Waals surface area contributed by atoms with Crippen molar-refractivity contribution in [2.24, 2.45) is 0 Å². The molecule has 1 heterocycles. The van der Waals surface area contributed by atoms with Gasteiger partial charge in [0.1, 0.15) is 6.61 Å². The molecule has 0 fully saturated rings. The van der Waals surface area contributed by atoms with Crippen LogP contribution in [0.1, 0.15) is 16.7 Å². The van der Waals surface area contributed by atoms with Crippen molar-refractivity contribution in [3.8, 4) is 0 Å². The Balaban J connectivity index is 1.69. The Morgan fingerprint density at radius 1 is 1.00 bits per heavy atom. The van der Waals surface area contributed by atoms with Gasteiger partial charge in [-0.15, -0.1) is 0 Å². The first-order valence-electron chi connectivity index (χ1n) is 7.31. The van der Waals surface area contributed by atoms with Gasteiger partial charge in [0.25, 0.3) is 0 Å². The number of nitrogens with one attached hydrogen (secondary N) is 1. The van der Waals surface area contributed by atoms with Crippen LogP contribution in [0, 0.1) is 0 Å². The number of benzene rings is 2. The highest BCUT2D eigenvalue weighted by molar-refractivity contribution is 5.87. The summed E-state index contributed by atoms with van der Waals surface area (Å²) in [5.74, 6) is -0.572. The topological polar surface area (TPSA) is 42.1 Å². The van der Waals surface area contributed by atoms with E-state index >= 15 is 0 Å². The number of carbonyl (C=O) groups is 1. The first-order valence-corrected chi connectivity index (χ1v) is 7.31. The van der Waals surface area contributed by atoms with Crippen LogP contribution in [-0.4, -0.2) is 11.0 Å². The highest BCUT2D eigenvalue weighted by Crippen LogP contribution is 2.32. The van der Waals surface area contributed by atoms with Gasteiger partial charge in [-0.1, -0.05) is 36.4 Å². The monoisotopic (exact) mass is 333 g/mol. The number of H-pyrrole nitrogens is 1. The van der Waals surface area contributed by atoms with Crippen molar-refractivity contribution in [3.05, 3.63) is 71.4 Å². The summed E-state index contributed by atoms with van der Waals surface area (Å²) in [4.78, 5) is 15.0. The third kappa shape index (κ3) is 3.42. The molecule has 0 aliphatic rings. The number of hydrogen-bond acceptors (Lipinski definition) is 2. The van der Waals surface area contributed by atoms with Gasteiger partial charge in [0.15, 0.2) is 0 Å². The van der Waals surface area contributed by atoms with Gasteiger partial charge in [0.05, 0.1) is 12.0 Å². The second-order valence-corrected chi connectivity index (χ2v) is 5.35. The first kappa shape index (κ1) is 16.1. The van der Waals surface area contributed by atoms with Gasteiger partial charge in [-0.25, -0.2) is 0 Å². The van der Waals surface area contributed by atoms with Crippen LogP contribution in [0.5, 0.6) is 0 Å². The maximum atomic E-state index is 12.9. The molecule has 3 rings (SSSR count). The second kappa shape index (κ2) is 6.39. The summed E-state index contributed by atoms with van der Waals surface area (Å²) < 4.78 is 43.8. The molecule has 0 bridgehead atoms. The summed E-state index contributed by atoms with van der Waals surface area (Å²) in [5.41, 5.74) is 0.796. The van der Waals surface area contributed by atoms with E-state index in [-0.39, 0.29) is 12.0 Å². The van der Waals surface area contributed by atoms with E-state index in [1.54, 1.807) is 6.20 Å². The molecule has 6 heteroatoms. The number of para-hydroxylation sites is 1. The molecule has 0 atom stereocenters. The number of rotatable bonds is 4. The molecule has 3 aromatic rings. The quantitative estimate of drug-likeness (QED) is 0.716. The molecule has 1 aromatic heterocycles. The maximum absolute atomic E-state index is 12.9. The van der Waals surface area contributed by atoms with Crippen molar-refractivity contribution in [1.82, 2.24) is 4.98 Å². The predicted octanol–water partition coefficient (Wildman–Crippen LogP) is 4.47. The van der Waals surface area contributed by atoms with Gasteiger partial charge in [-0.3, -0.25) is 4.79 Å². The molecule has 0 saturated heterocycles. The van der Waals surface area contributed by atoms with Gasteiger partial charge in [0.2, 0.25) is 0 Å². The number of fused-ring (bicyclic) bond motifs is 1. The molecule has 3 nitrogen and oxygen atoms in total. The number of ether oxygens (including phenoxy) is 1. The highest BCUT2D eigenvalue weighted by Gasteiger charge is 2.33. The summed E-state index contributed by atoms with van der Waals surface area (Å²) >= 11 is 0. The fourth-order valence-corrected chi connectivity index (χ4v) is 2.57. The lowest BCUT2D eigenvalue weighted by Crippen LogP contribution is -2.13. The molecule has 0 radical (unpaired) electrons. The van der Waals surface area contributed by atoms with Crippen molar-refractivity contribution in [1.29, 1.82) is 0 Å². The highest BCUT2D eigenvalue weighted by atomic mass is 19.4. The largest absolute Gasteiger partial charge is 0.461 e. The van der Waals surface area contributed by atoms with E-state index in [2.05, 4.69) is 4.98 Å². The van der Waals surface area contributed by atoms with Crippen LogP contribution in [0.15, 0.2) is 54.7 Å². The molecule has 24 heavy (non-hydrogen) atoms. The van der Waals surface area contributed by atoms with Gasteiger partial charge in [0, 0.05) is 22.7 Å². The molecule has 0 spiro atoms. The van der Waals surface area contributed by atoms with Crippen LogP contribution in [-0.2, 0) is 28.7 Å². The minimum Gasteiger partial charge on any atom is -0.461 e. The Hall–Kier alpha value is -2.76. The SMILES string of the molecule is O=C(Cc1c[nH]c2ccccc12)OCc1ccccc1C(F)(F)F. The maximum Gasteiger partial charge on any atom is 0.416 e. The Kier molecular flexibility index (Phi) is 4.29. The molecular formula is C18H14F3NO2. The lowest BCUT2D eigenvalue weighted by Gasteiger charge is -2.12. The van der Waals surface area contributed by atoms with Crippen LogP contribution in [0.3, 0.4) is 0 Å². The molecule has 0 amide bonds. The Labute approximate surface area is 136 Å². The van der Waals surface area contributed by atoms with Gasteiger partial charge in [-0.05, 0) is 17.7 Å². The van der Waals surface area contributed by atoms with E-state index in [1.807, 2.05) is 24.3 Å². The van der Waals surface area contributed by atoms with Crippen LogP contribution in [0.2, 0.25) is 0 Å². The fraction of sp³-hybridized carbons (Fsp3) is 0.167. The molecule has 0 aliphatic carbocycles. The summed E-state index contributed by atoms with van der Waals surface area (Å²) in [6.07, 6.45) is -2.77. The molecule has 2 aromatic carbocycles. The summed E-state index contributed by atoms with van der Waals surface area (Å²) in [7, 11) is 0. The summed E-state index contributed by atoms with van der Waals surface area (Å²) in [5, 5.41) is 0.894. The minimum atomic E-state index is -4.47. The van der Waals surface area contributed by atoms with E-state index in [1.165, 1.54) is 18.2 Å². The minimum absolute atomic E-state index is 0.00179. The smallest absolute Gasteiger partial charge is 0.416 e. The number of hydrogen-bond donors (Lipinski definition) is 1. The molecular weight excluding hydrogens is 319 g/mol. The number of halogens is 3. The third-order valence-electron chi connectivity index (χ3n) is 3.72. The average Bonchev–Trinajstić information content (AvgIpc) is 2.95. The van der Waals surface area contributed by atoms with Crippen molar-refractivity contribution in [2.75, 3.05) is 0 Å². The fourth-order valence-electron chi connectivity index (χ4n) is 2.57. The van der Waals surface area contributed by atoms with Gasteiger partial charge < -0.3 is 9.72 Å². The normalized spacial score (nSPS) is 11.6. The molecule has 0 aliphatic heterocycles. The Morgan fingerprint density at radius 2 is 1.71 bits per heavy atom. The van der Waals surface area contributed by atoms with E-state index in [4.69, 9.17) is 4.74 Å². The van der Waals surface area contributed by atoms with Crippen molar-refractivity contribution in [2.45, 2.75) is 19.2 Å². The zero-order valence-electron chi connectivity index (χ0n) is 12.6. The van der Waals surface area contributed by atoms with Gasteiger partial charge >= 0.3 is 12.1 Å². The van der Waals surface area contributed by atoms with Crippen molar-refractivity contribution < 1.29 is 22.7 Å². The summed E-state index contributed by atoms with van der Waals surface area (Å²) in [6.45, 7) is -0.406. The predicted molar refractivity (Wildman–Crippen MR) is 83.2 cm³/mol. The zero-order valence-corrected chi connectivity index (χ0v) is 12.6. The number of aromatic amines is 1. The van der Waals surface area contributed by atoms with Gasteiger partial charge in [-0.2, -0.15) is 13.2 Å². The van der Waals surface area contributed by atoms with E-state index in [9.17, 15) is 18.0 Å². The molecule has 1 N–H and O–H groups in total. The first-order chi connectivity index (χ1) is 11.4. The second-order valence-electron chi connectivity index (χ2n) is 5.35. The lowest BCUT2D eigenvalue weighted by molar-refractivity contribution is -0.147. The molecule has 124 valence electrons. The average molecular weight is 333 g/mol. The number of carbonyl (C=O) groups excluding carboxylic acids is 1. The van der Waals surface area contributed by atoms with Crippen LogP contribution >= 0.6 is 0 Å². The number of aromatic nitrogens is 1. The Bertz CT molecular complexity index is 868. The van der Waals surface area contributed by atoms with Crippen LogP contribution < -0.4 is 0 Å². The standard InChI is InChI=1S/C18H14F3NO2/c19-18(20,21)15-7-3-1-5-12(15)11-24-17(23)9-13-10-22-16-8-4-2-6-14(13)16/h1-8,10,22H,9,11H2. The van der Waals surface area contributed by atoms with Crippen molar-refractivity contribution in [3.63, 3.8) is 0 Å². The third-order valence-corrected chi connectivity index (χ3v) is 3.72. The molecule has 0 saturated carbocycles. The van der Waals surface area contributed by atoms with Crippen LogP contribution in [0.25, 0.3) is 10.9 Å². The zero-order chi connectivity index (χ0) is 17.2. The van der Waals surface area contributed by atoms with E-state index in [0.717, 1.165) is 22.5 Å².